The molecular formula is C26H27F5N6O5. The second-order valence-electron chi connectivity index (χ2n) is 9.40. The summed E-state index contributed by atoms with van der Waals surface area (Å²) < 4.78 is 67.6. The monoisotopic (exact) mass is 598 g/mol. The van der Waals surface area contributed by atoms with Crippen molar-refractivity contribution < 1.29 is 41.4 Å². The van der Waals surface area contributed by atoms with E-state index in [4.69, 9.17) is 5.11 Å². The average molecular weight is 599 g/mol. The molecule has 0 fully saturated rings. The molecule has 0 saturated carbocycles. The summed E-state index contributed by atoms with van der Waals surface area (Å²) >= 11 is 0. The maximum Gasteiger partial charge on any atom is 0.405 e. The molecule has 0 saturated heterocycles. The van der Waals surface area contributed by atoms with Crippen LogP contribution < -0.4 is 16.2 Å². The molecular weight excluding hydrogens is 571 g/mol. The summed E-state index contributed by atoms with van der Waals surface area (Å²) in [6, 6.07) is 2.13. The predicted molar refractivity (Wildman–Crippen MR) is 141 cm³/mol. The number of amides is 3. The second kappa shape index (κ2) is 13.3. The number of pyridine rings is 1. The quantitative estimate of drug-likeness (QED) is 0.196. The summed E-state index contributed by atoms with van der Waals surface area (Å²) in [4.78, 5) is 56.7. The summed E-state index contributed by atoms with van der Waals surface area (Å²) in [5.41, 5.74) is -1.81. The molecule has 3 rings (SSSR count). The number of likely N-dealkylation sites (N-methyl/N-ethyl adjacent to an activating group) is 1. The number of rotatable bonds is 11. The molecule has 16 heteroatoms. The zero-order chi connectivity index (χ0) is 31.2. The van der Waals surface area contributed by atoms with Crippen LogP contribution in [0.5, 0.6) is 0 Å². The Morgan fingerprint density at radius 3 is 2.60 bits per heavy atom. The fraction of sp³-hybridized carbons (Fsp3) is 0.346. The molecule has 11 nitrogen and oxygen atoms in total. The van der Waals surface area contributed by atoms with Gasteiger partial charge in [0.25, 0.3) is 5.56 Å². The van der Waals surface area contributed by atoms with Crippen LogP contribution in [0.3, 0.4) is 0 Å². The number of aromatic amines is 1. The number of carboxylic acid groups (broad SMARTS) is 1. The van der Waals surface area contributed by atoms with Gasteiger partial charge in [0.2, 0.25) is 11.8 Å². The SMILES string of the molecule is CN(C)C(=O)/C=C/CC[C@H](NC(=O)O)C(=O)Nc1cccn(Cc2nc3c(CCC(F)(F)F)c(F)c(F)cc3[nH]2)c1=O. The third-order valence-corrected chi connectivity index (χ3v) is 6.01. The summed E-state index contributed by atoms with van der Waals surface area (Å²) in [6.45, 7) is -0.305. The molecule has 42 heavy (non-hydrogen) atoms. The molecule has 0 aliphatic heterocycles. The van der Waals surface area contributed by atoms with Crippen LogP contribution >= 0.6 is 0 Å². The summed E-state index contributed by atoms with van der Waals surface area (Å²) in [7, 11) is 3.09. The molecule has 1 aromatic carbocycles. The molecule has 4 N–H and O–H groups in total. The van der Waals surface area contributed by atoms with E-state index in [-0.39, 0.29) is 47.8 Å². The van der Waals surface area contributed by atoms with Crippen LogP contribution in [0, 0.1) is 11.6 Å². The molecule has 3 amide bonds. The summed E-state index contributed by atoms with van der Waals surface area (Å²) in [5, 5.41) is 13.5. The highest BCUT2D eigenvalue weighted by molar-refractivity contribution is 5.96. The Kier molecular flexibility index (Phi) is 10.0. The normalized spacial score (nSPS) is 12.5. The van der Waals surface area contributed by atoms with Gasteiger partial charge in [0, 0.05) is 38.3 Å². The summed E-state index contributed by atoms with van der Waals surface area (Å²) in [5.74, 6) is -3.96. The molecule has 0 radical (unpaired) electrons. The van der Waals surface area contributed by atoms with E-state index in [9.17, 15) is 41.1 Å². The zero-order valence-corrected chi connectivity index (χ0v) is 22.4. The van der Waals surface area contributed by atoms with E-state index in [1.165, 1.54) is 35.4 Å². The van der Waals surface area contributed by atoms with Crippen LogP contribution in [0.1, 0.15) is 30.7 Å². The smallest absolute Gasteiger partial charge is 0.405 e. The number of halogens is 5. The van der Waals surface area contributed by atoms with Crippen LogP contribution in [-0.4, -0.2) is 68.8 Å². The lowest BCUT2D eigenvalue weighted by Gasteiger charge is -2.16. The number of alkyl halides is 3. The van der Waals surface area contributed by atoms with Crippen molar-refractivity contribution in [3.63, 3.8) is 0 Å². The van der Waals surface area contributed by atoms with Gasteiger partial charge in [-0.2, -0.15) is 13.2 Å². The number of aromatic nitrogens is 3. The Bertz CT molecular complexity index is 1560. The van der Waals surface area contributed by atoms with Crippen molar-refractivity contribution in [3.8, 4) is 0 Å². The molecule has 0 unspecified atom stereocenters. The first-order chi connectivity index (χ1) is 19.7. The lowest BCUT2D eigenvalue weighted by molar-refractivity contribution is -0.134. The van der Waals surface area contributed by atoms with Crippen molar-refractivity contribution in [2.75, 3.05) is 19.4 Å². The Balaban J connectivity index is 1.80. The van der Waals surface area contributed by atoms with Crippen LogP contribution in [0.4, 0.5) is 32.4 Å². The minimum absolute atomic E-state index is 0.00156. The number of fused-ring (bicyclic) bond motifs is 1. The first-order valence-corrected chi connectivity index (χ1v) is 12.5. The first kappa shape index (κ1) is 31.8. The number of allylic oxidation sites excluding steroid dienone is 1. The van der Waals surface area contributed by atoms with Gasteiger partial charge in [-0.05, 0) is 37.5 Å². The number of nitrogens with zero attached hydrogens (tertiary/aromatic N) is 3. The highest BCUT2D eigenvalue weighted by atomic mass is 19.4. The fourth-order valence-electron chi connectivity index (χ4n) is 3.93. The molecule has 0 spiro atoms. The minimum Gasteiger partial charge on any atom is -0.465 e. The van der Waals surface area contributed by atoms with Gasteiger partial charge >= 0.3 is 12.3 Å². The van der Waals surface area contributed by atoms with Gasteiger partial charge in [-0.25, -0.2) is 18.6 Å². The van der Waals surface area contributed by atoms with Crippen molar-refractivity contribution in [1.29, 1.82) is 0 Å². The zero-order valence-electron chi connectivity index (χ0n) is 22.4. The predicted octanol–water partition coefficient (Wildman–Crippen LogP) is 3.55. The number of carbonyl (C=O) groups excluding carboxylic acids is 2. The van der Waals surface area contributed by atoms with Gasteiger partial charge in [0.1, 0.15) is 17.6 Å². The molecule has 2 heterocycles. The Labute approximate surface area is 235 Å². The van der Waals surface area contributed by atoms with E-state index >= 15 is 0 Å². The Morgan fingerprint density at radius 2 is 1.95 bits per heavy atom. The van der Waals surface area contributed by atoms with Gasteiger partial charge < -0.3 is 30.2 Å². The number of hydrogen-bond acceptors (Lipinski definition) is 5. The molecule has 2 aromatic heterocycles. The van der Waals surface area contributed by atoms with E-state index in [1.807, 2.05) is 0 Å². The topological polar surface area (TPSA) is 149 Å². The van der Waals surface area contributed by atoms with E-state index in [0.29, 0.717) is 0 Å². The van der Waals surface area contributed by atoms with Crippen LogP contribution in [0.25, 0.3) is 11.0 Å². The average Bonchev–Trinajstić information content (AvgIpc) is 3.28. The van der Waals surface area contributed by atoms with Gasteiger partial charge in [-0.15, -0.1) is 0 Å². The maximum absolute atomic E-state index is 14.3. The van der Waals surface area contributed by atoms with Crippen molar-refractivity contribution in [2.45, 2.75) is 44.4 Å². The molecule has 0 aliphatic rings. The minimum atomic E-state index is -4.61. The molecule has 1 atom stereocenters. The lowest BCUT2D eigenvalue weighted by atomic mass is 10.1. The van der Waals surface area contributed by atoms with Gasteiger partial charge in [-0.1, -0.05) is 6.08 Å². The van der Waals surface area contributed by atoms with Gasteiger partial charge in [-0.3, -0.25) is 14.4 Å². The number of imidazole rings is 1. The Morgan fingerprint density at radius 1 is 1.24 bits per heavy atom. The van der Waals surface area contributed by atoms with E-state index in [2.05, 4.69) is 20.6 Å². The highest BCUT2D eigenvalue weighted by Crippen LogP contribution is 2.28. The number of anilines is 1. The summed E-state index contributed by atoms with van der Waals surface area (Å²) in [6.07, 6.45) is -4.14. The van der Waals surface area contributed by atoms with E-state index in [1.54, 1.807) is 14.1 Å². The van der Waals surface area contributed by atoms with Crippen LogP contribution in [0.2, 0.25) is 0 Å². The van der Waals surface area contributed by atoms with Crippen LogP contribution in [-0.2, 0) is 22.6 Å². The van der Waals surface area contributed by atoms with Gasteiger partial charge in [0.15, 0.2) is 11.6 Å². The third kappa shape index (κ3) is 8.37. The number of carbonyl (C=O) groups is 3. The number of nitrogens with one attached hydrogen (secondary N) is 3. The van der Waals surface area contributed by atoms with E-state index in [0.717, 1.165) is 10.6 Å². The van der Waals surface area contributed by atoms with Crippen molar-refractivity contribution in [1.82, 2.24) is 24.8 Å². The molecule has 0 aliphatic carbocycles. The molecule has 0 bridgehead atoms. The number of aryl methyl sites for hydroxylation is 1. The highest BCUT2D eigenvalue weighted by Gasteiger charge is 2.29. The standard InChI is InChI=1S/C26H27F5N6O5/c1-36(2)20(38)8-4-3-6-16(34-25(41)42)23(39)33-17-7-5-11-37(24(17)40)13-19-32-18-12-15(27)21(28)14(22(18)35-19)9-10-26(29,30)31/h4-5,7-8,11-12,16,34H,3,6,9-10,13H2,1-2H3,(H,32,35)(H,33,39)(H,41,42)/b8-4+/t16-/m0/s1. The largest absolute Gasteiger partial charge is 0.465 e. The van der Waals surface area contributed by atoms with Crippen molar-refractivity contribution >= 4 is 34.6 Å². The third-order valence-electron chi connectivity index (χ3n) is 6.01. The van der Waals surface area contributed by atoms with Gasteiger partial charge in [0.05, 0.1) is 17.6 Å². The molecule has 226 valence electrons. The van der Waals surface area contributed by atoms with Crippen LogP contribution in [0.15, 0.2) is 41.3 Å². The fourth-order valence-corrected chi connectivity index (χ4v) is 3.93. The lowest BCUT2D eigenvalue weighted by Crippen LogP contribution is -2.44. The van der Waals surface area contributed by atoms with Crippen molar-refractivity contribution in [3.05, 3.63) is 69.9 Å². The molecule has 3 aromatic rings. The number of benzene rings is 1. The number of hydrogen-bond donors (Lipinski definition) is 4. The van der Waals surface area contributed by atoms with E-state index < -0.39 is 59.8 Å². The first-order valence-electron chi connectivity index (χ1n) is 12.5. The number of H-pyrrole nitrogens is 1. The van der Waals surface area contributed by atoms with Crippen molar-refractivity contribution in [2.24, 2.45) is 0 Å². The second-order valence-corrected chi connectivity index (χ2v) is 9.40. The maximum atomic E-state index is 14.3. The Hall–Kier alpha value is -4.76.